The second kappa shape index (κ2) is 6.10. The zero-order valence-corrected chi connectivity index (χ0v) is 8.89. The molecule has 0 fully saturated rings. The molecule has 6 nitrogen and oxygen atoms in total. The van der Waals surface area contributed by atoms with Gasteiger partial charge in [0.15, 0.2) is 5.82 Å². The third-order valence-corrected chi connectivity index (χ3v) is 2.18. The first-order chi connectivity index (χ1) is 7.24. The molecule has 0 bridgehead atoms. The average Bonchev–Trinajstić information content (AvgIpc) is 2.64. The van der Waals surface area contributed by atoms with Gasteiger partial charge in [-0.2, -0.15) is 0 Å². The molecule has 1 aromatic heterocycles. The van der Waals surface area contributed by atoms with Crippen LogP contribution in [-0.4, -0.2) is 31.3 Å². The van der Waals surface area contributed by atoms with E-state index in [-0.39, 0.29) is 6.42 Å². The molecular weight excluding hydrogens is 196 g/mol. The van der Waals surface area contributed by atoms with Crippen molar-refractivity contribution in [1.82, 2.24) is 20.2 Å². The summed E-state index contributed by atoms with van der Waals surface area (Å²) in [5.41, 5.74) is 0. The Balaban J connectivity index is 2.17. The molecule has 0 atom stereocenters. The maximum atomic E-state index is 10.3. The van der Waals surface area contributed by atoms with Gasteiger partial charge < -0.3 is 5.11 Å². The lowest BCUT2D eigenvalue weighted by atomic mass is 10.2. The van der Waals surface area contributed by atoms with E-state index in [2.05, 4.69) is 15.5 Å². The Morgan fingerprint density at radius 2 is 2.20 bits per heavy atom. The molecule has 0 aliphatic rings. The summed E-state index contributed by atoms with van der Waals surface area (Å²) in [6.45, 7) is 2.78. The molecule has 0 saturated heterocycles. The lowest BCUT2D eigenvalue weighted by Gasteiger charge is -2.01. The number of aromatic nitrogens is 4. The lowest BCUT2D eigenvalue weighted by molar-refractivity contribution is -0.137. The molecule has 1 rings (SSSR count). The number of aryl methyl sites for hydroxylation is 2. The van der Waals surface area contributed by atoms with Crippen molar-refractivity contribution in [3.63, 3.8) is 0 Å². The molecule has 15 heavy (non-hydrogen) atoms. The Kier molecular flexibility index (Phi) is 4.73. The van der Waals surface area contributed by atoms with E-state index in [4.69, 9.17) is 5.11 Å². The fourth-order valence-corrected chi connectivity index (χ4v) is 1.36. The average molecular weight is 212 g/mol. The molecule has 0 saturated carbocycles. The molecule has 6 heteroatoms. The van der Waals surface area contributed by atoms with Crippen LogP contribution in [0.15, 0.2) is 0 Å². The van der Waals surface area contributed by atoms with Gasteiger partial charge in [0.1, 0.15) is 0 Å². The molecule has 0 radical (unpaired) electrons. The minimum absolute atomic E-state index is 0.246. The van der Waals surface area contributed by atoms with E-state index in [1.165, 1.54) is 0 Å². The molecule has 0 amide bonds. The normalized spacial score (nSPS) is 10.5. The summed E-state index contributed by atoms with van der Waals surface area (Å²) < 4.78 is 1.78. The standard InChI is InChI=1S/C9H16N4O2/c1-2-8-10-11-12-13(8)7-5-3-4-6-9(14)15/h2-7H2,1H3,(H,14,15). The predicted octanol–water partition coefficient (Wildman–Crippen LogP) is 0.880. The molecule has 1 aromatic rings. The number of rotatable bonds is 7. The Morgan fingerprint density at radius 1 is 1.40 bits per heavy atom. The molecule has 0 spiro atoms. The van der Waals surface area contributed by atoms with Crippen LogP contribution in [0.3, 0.4) is 0 Å². The van der Waals surface area contributed by atoms with Gasteiger partial charge in [-0.3, -0.25) is 4.79 Å². The topological polar surface area (TPSA) is 80.9 Å². The number of hydrogen-bond donors (Lipinski definition) is 1. The SMILES string of the molecule is CCc1nnnn1CCCCCC(=O)O. The molecule has 0 aromatic carbocycles. The minimum Gasteiger partial charge on any atom is -0.481 e. The van der Waals surface area contributed by atoms with Crippen molar-refractivity contribution in [3.05, 3.63) is 5.82 Å². The summed E-state index contributed by atoms with van der Waals surface area (Å²) in [6.07, 6.45) is 3.61. The summed E-state index contributed by atoms with van der Waals surface area (Å²) >= 11 is 0. The van der Waals surface area contributed by atoms with Crippen LogP contribution in [0.25, 0.3) is 0 Å². The van der Waals surface area contributed by atoms with E-state index in [1.807, 2.05) is 6.92 Å². The highest BCUT2D eigenvalue weighted by Gasteiger charge is 2.02. The van der Waals surface area contributed by atoms with E-state index < -0.39 is 5.97 Å². The van der Waals surface area contributed by atoms with Crippen LogP contribution in [-0.2, 0) is 17.8 Å². The van der Waals surface area contributed by atoms with Gasteiger partial charge in [0, 0.05) is 19.4 Å². The van der Waals surface area contributed by atoms with Crippen molar-refractivity contribution < 1.29 is 9.90 Å². The monoisotopic (exact) mass is 212 g/mol. The van der Waals surface area contributed by atoms with E-state index in [0.717, 1.165) is 38.1 Å². The highest BCUT2D eigenvalue weighted by atomic mass is 16.4. The first kappa shape index (κ1) is 11.6. The Labute approximate surface area is 88.3 Å². The Bertz CT molecular complexity index is 311. The zero-order chi connectivity index (χ0) is 11.1. The maximum absolute atomic E-state index is 10.3. The summed E-state index contributed by atoms with van der Waals surface area (Å²) in [5.74, 6) is 0.153. The number of unbranched alkanes of at least 4 members (excludes halogenated alkanes) is 2. The lowest BCUT2D eigenvalue weighted by Crippen LogP contribution is -2.05. The largest absolute Gasteiger partial charge is 0.481 e. The second-order valence-electron chi connectivity index (χ2n) is 3.38. The molecule has 0 unspecified atom stereocenters. The summed E-state index contributed by atoms with van der Waals surface area (Å²) in [7, 11) is 0. The predicted molar refractivity (Wildman–Crippen MR) is 53.3 cm³/mol. The van der Waals surface area contributed by atoms with Gasteiger partial charge in [0.2, 0.25) is 0 Å². The molecule has 0 aliphatic carbocycles. The number of hydrogen-bond acceptors (Lipinski definition) is 4. The number of tetrazole rings is 1. The summed E-state index contributed by atoms with van der Waals surface area (Å²) in [6, 6.07) is 0. The third-order valence-electron chi connectivity index (χ3n) is 2.18. The van der Waals surface area contributed by atoms with Crippen molar-refractivity contribution >= 4 is 5.97 Å². The fraction of sp³-hybridized carbons (Fsp3) is 0.778. The highest BCUT2D eigenvalue weighted by molar-refractivity contribution is 5.66. The molecule has 0 aliphatic heterocycles. The van der Waals surface area contributed by atoms with Crippen molar-refractivity contribution in [2.24, 2.45) is 0 Å². The van der Waals surface area contributed by atoms with Gasteiger partial charge >= 0.3 is 5.97 Å². The fourth-order valence-electron chi connectivity index (χ4n) is 1.36. The quantitative estimate of drug-likeness (QED) is 0.678. The van der Waals surface area contributed by atoms with Crippen LogP contribution in [0.2, 0.25) is 0 Å². The van der Waals surface area contributed by atoms with Crippen LogP contribution >= 0.6 is 0 Å². The van der Waals surface area contributed by atoms with Gasteiger partial charge in [-0.1, -0.05) is 13.3 Å². The number of carboxylic acid groups (broad SMARTS) is 1. The van der Waals surface area contributed by atoms with E-state index in [1.54, 1.807) is 4.68 Å². The van der Waals surface area contributed by atoms with E-state index in [0.29, 0.717) is 0 Å². The van der Waals surface area contributed by atoms with Crippen LogP contribution in [0.4, 0.5) is 0 Å². The number of nitrogens with zero attached hydrogens (tertiary/aromatic N) is 4. The van der Waals surface area contributed by atoms with Crippen molar-refractivity contribution in [3.8, 4) is 0 Å². The van der Waals surface area contributed by atoms with Gasteiger partial charge in [0.25, 0.3) is 0 Å². The first-order valence-corrected chi connectivity index (χ1v) is 5.21. The molecule has 84 valence electrons. The molecule has 1 N–H and O–H groups in total. The first-order valence-electron chi connectivity index (χ1n) is 5.21. The highest BCUT2D eigenvalue weighted by Crippen LogP contribution is 2.03. The second-order valence-corrected chi connectivity index (χ2v) is 3.38. The van der Waals surface area contributed by atoms with Gasteiger partial charge in [-0.15, -0.1) is 5.10 Å². The van der Waals surface area contributed by atoms with Gasteiger partial charge in [-0.05, 0) is 23.3 Å². The van der Waals surface area contributed by atoms with Gasteiger partial charge in [0.05, 0.1) is 0 Å². The van der Waals surface area contributed by atoms with Crippen LogP contribution in [0, 0.1) is 0 Å². The maximum Gasteiger partial charge on any atom is 0.303 e. The Hall–Kier alpha value is -1.46. The van der Waals surface area contributed by atoms with Crippen molar-refractivity contribution in [1.29, 1.82) is 0 Å². The summed E-state index contributed by atoms with van der Waals surface area (Å²) in [5, 5.41) is 19.8. The molecular formula is C9H16N4O2. The van der Waals surface area contributed by atoms with Crippen LogP contribution in [0.5, 0.6) is 0 Å². The van der Waals surface area contributed by atoms with Crippen molar-refractivity contribution in [2.75, 3.05) is 0 Å². The minimum atomic E-state index is -0.730. The van der Waals surface area contributed by atoms with E-state index in [9.17, 15) is 4.79 Å². The number of aliphatic carboxylic acids is 1. The zero-order valence-electron chi connectivity index (χ0n) is 8.89. The van der Waals surface area contributed by atoms with Crippen molar-refractivity contribution in [2.45, 2.75) is 45.6 Å². The van der Waals surface area contributed by atoms with E-state index >= 15 is 0 Å². The van der Waals surface area contributed by atoms with Gasteiger partial charge in [-0.25, -0.2) is 4.68 Å². The number of carbonyl (C=O) groups is 1. The smallest absolute Gasteiger partial charge is 0.303 e. The number of carboxylic acids is 1. The molecule has 1 heterocycles. The van der Waals surface area contributed by atoms with Crippen LogP contribution < -0.4 is 0 Å². The van der Waals surface area contributed by atoms with Crippen LogP contribution in [0.1, 0.15) is 38.4 Å². The Morgan fingerprint density at radius 3 is 2.87 bits per heavy atom. The third kappa shape index (κ3) is 4.05. The summed E-state index contributed by atoms with van der Waals surface area (Å²) in [4.78, 5) is 10.3.